The second-order valence-corrected chi connectivity index (χ2v) is 6.56. The van der Waals surface area contributed by atoms with Gasteiger partial charge in [-0.3, -0.25) is 9.59 Å². The minimum absolute atomic E-state index is 0.00617. The van der Waals surface area contributed by atoms with Crippen molar-refractivity contribution in [3.63, 3.8) is 0 Å². The Balaban J connectivity index is 2.14. The van der Waals surface area contributed by atoms with E-state index < -0.39 is 17.8 Å². The number of rotatable bonds is 10. The van der Waals surface area contributed by atoms with Gasteiger partial charge in [0.15, 0.2) is 18.2 Å². The van der Waals surface area contributed by atoms with Crippen LogP contribution in [-0.4, -0.2) is 43.0 Å². The van der Waals surface area contributed by atoms with Crippen molar-refractivity contribution in [2.75, 3.05) is 20.3 Å². The van der Waals surface area contributed by atoms with E-state index in [2.05, 4.69) is 5.32 Å². The number of hydrogen-bond donors (Lipinski definition) is 1. The summed E-state index contributed by atoms with van der Waals surface area (Å²) >= 11 is 0. The third kappa shape index (κ3) is 6.48. The average molecular weight is 402 g/mol. The lowest BCUT2D eigenvalue weighted by molar-refractivity contribution is -0.142. The highest BCUT2D eigenvalue weighted by atomic mass is 19.1. The number of nitrogens with zero attached hydrogens (tertiary/aromatic N) is 1. The molecule has 0 saturated heterocycles. The highest BCUT2D eigenvalue weighted by Gasteiger charge is 2.26. The Bertz CT molecular complexity index is 811. The average Bonchev–Trinajstić information content (AvgIpc) is 2.75. The van der Waals surface area contributed by atoms with Gasteiger partial charge in [-0.2, -0.15) is 0 Å². The molecule has 0 unspecified atom stereocenters. The topological polar surface area (TPSA) is 67.9 Å². The van der Waals surface area contributed by atoms with Gasteiger partial charge in [0.1, 0.15) is 11.8 Å². The van der Waals surface area contributed by atoms with Crippen LogP contribution in [0.25, 0.3) is 0 Å². The molecule has 29 heavy (non-hydrogen) atoms. The molecule has 0 aromatic heterocycles. The van der Waals surface area contributed by atoms with Crippen LogP contribution in [0.1, 0.15) is 25.8 Å². The van der Waals surface area contributed by atoms with Gasteiger partial charge in [-0.05, 0) is 43.2 Å². The highest BCUT2D eigenvalue weighted by Crippen LogP contribution is 2.17. The molecule has 6 nitrogen and oxygen atoms in total. The number of hydrogen-bond acceptors (Lipinski definition) is 4. The number of halogens is 1. The van der Waals surface area contributed by atoms with Crippen LogP contribution in [0.3, 0.4) is 0 Å². The van der Waals surface area contributed by atoms with Crippen molar-refractivity contribution < 1.29 is 23.5 Å². The number of ether oxygens (including phenoxy) is 2. The molecular weight excluding hydrogens is 375 g/mol. The third-order valence-electron chi connectivity index (χ3n) is 4.42. The Morgan fingerprint density at radius 3 is 2.45 bits per heavy atom. The molecule has 7 heteroatoms. The van der Waals surface area contributed by atoms with Gasteiger partial charge in [-0.15, -0.1) is 0 Å². The van der Waals surface area contributed by atoms with E-state index in [0.29, 0.717) is 12.3 Å². The van der Waals surface area contributed by atoms with Crippen molar-refractivity contribution >= 4 is 11.8 Å². The Morgan fingerprint density at radius 1 is 1.14 bits per heavy atom. The van der Waals surface area contributed by atoms with E-state index in [9.17, 15) is 14.0 Å². The van der Waals surface area contributed by atoms with Gasteiger partial charge >= 0.3 is 0 Å². The van der Waals surface area contributed by atoms with Crippen molar-refractivity contribution in [2.45, 2.75) is 32.9 Å². The first-order valence-corrected chi connectivity index (χ1v) is 9.53. The lowest BCUT2D eigenvalue weighted by Crippen LogP contribution is -2.49. The second kappa shape index (κ2) is 11.0. The lowest BCUT2D eigenvalue weighted by Gasteiger charge is -2.28. The maximum Gasteiger partial charge on any atom is 0.261 e. The number of amides is 2. The molecule has 0 bridgehead atoms. The second-order valence-electron chi connectivity index (χ2n) is 6.56. The highest BCUT2D eigenvalue weighted by molar-refractivity contribution is 5.87. The van der Waals surface area contributed by atoms with E-state index in [1.54, 1.807) is 38.3 Å². The standard InChI is InChI=1S/C22H27FN2O4/c1-4-13-24-22(27)16(2)25(14-17-9-11-18(28-3)12-10-17)21(26)15-29-20-8-6-5-7-19(20)23/h5-12,16H,4,13-15H2,1-3H3,(H,24,27)/t16-/m1/s1. The molecular formula is C22H27FN2O4. The zero-order valence-electron chi connectivity index (χ0n) is 17.0. The van der Waals surface area contributed by atoms with Crippen LogP contribution in [-0.2, 0) is 16.1 Å². The summed E-state index contributed by atoms with van der Waals surface area (Å²) in [5, 5.41) is 2.80. The first-order chi connectivity index (χ1) is 14.0. The summed E-state index contributed by atoms with van der Waals surface area (Å²) in [6.45, 7) is 3.98. The van der Waals surface area contributed by atoms with E-state index in [0.717, 1.165) is 12.0 Å². The molecule has 0 saturated carbocycles. The van der Waals surface area contributed by atoms with Crippen molar-refractivity contribution in [3.05, 3.63) is 59.9 Å². The van der Waals surface area contributed by atoms with Crippen LogP contribution in [0.4, 0.5) is 4.39 Å². The van der Waals surface area contributed by atoms with Gasteiger partial charge in [-0.25, -0.2) is 4.39 Å². The molecule has 0 radical (unpaired) electrons. The fraction of sp³-hybridized carbons (Fsp3) is 0.364. The minimum atomic E-state index is -0.708. The van der Waals surface area contributed by atoms with E-state index >= 15 is 0 Å². The predicted octanol–water partition coefficient (Wildman–Crippen LogP) is 3.16. The SMILES string of the molecule is CCCNC(=O)[C@@H](C)N(Cc1ccc(OC)cc1)C(=O)COc1ccccc1F. The van der Waals surface area contributed by atoms with E-state index in [-0.39, 0.29) is 24.8 Å². The molecule has 0 fully saturated rings. The summed E-state index contributed by atoms with van der Waals surface area (Å²) in [4.78, 5) is 26.7. The maximum atomic E-state index is 13.8. The van der Waals surface area contributed by atoms with E-state index in [1.807, 2.05) is 19.1 Å². The normalized spacial score (nSPS) is 11.4. The molecule has 2 aromatic rings. The van der Waals surface area contributed by atoms with Crippen LogP contribution in [0.5, 0.6) is 11.5 Å². The van der Waals surface area contributed by atoms with Crippen molar-refractivity contribution in [1.29, 1.82) is 0 Å². The summed E-state index contributed by atoms with van der Waals surface area (Å²) in [6, 6.07) is 12.4. The quantitative estimate of drug-likeness (QED) is 0.663. The molecule has 1 N–H and O–H groups in total. The number of nitrogens with one attached hydrogen (secondary N) is 1. The van der Waals surface area contributed by atoms with Crippen molar-refractivity contribution in [1.82, 2.24) is 10.2 Å². The minimum Gasteiger partial charge on any atom is -0.497 e. The maximum absolute atomic E-state index is 13.8. The lowest BCUT2D eigenvalue weighted by atomic mass is 10.1. The van der Waals surface area contributed by atoms with Gasteiger partial charge in [0.2, 0.25) is 5.91 Å². The molecule has 0 heterocycles. The Morgan fingerprint density at radius 2 is 1.83 bits per heavy atom. The predicted molar refractivity (Wildman–Crippen MR) is 108 cm³/mol. The Labute approximate surface area is 170 Å². The largest absolute Gasteiger partial charge is 0.497 e. The smallest absolute Gasteiger partial charge is 0.261 e. The fourth-order valence-electron chi connectivity index (χ4n) is 2.69. The van der Waals surface area contributed by atoms with Crippen LogP contribution < -0.4 is 14.8 Å². The van der Waals surface area contributed by atoms with E-state index in [1.165, 1.54) is 17.0 Å². The molecule has 0 aliphatic rings. The van der Waals surface area contributed by atoms with Gasteiger partial charge in [-0.1, -0.05) is 31.2 Å². The van der Waals surface area contributed by atoms with Gasteiger partial charge in [0.05, 0.1) is 7.11 Å². The van der Waals surface area contributed by atoms with Gasteiger partial charge < -0.3 is 19.7 Å². The van der Waals surface area contributed by atoms with Crippen LogP contribution in [0.15, 0.2) is 48.5 Å². The molecule has 2 aromatic carbocycles. The van der Waals surface area contributed by atoms with Crippen molar-refractivity contribution in [2.24, 2.45) is 0 Å². The number of carbonyl (C=O) groups excluding carboxylic acids is 2. The summed E-state index contributed by atoms with van der Waals surface area (Å²) in [7, 11) is 1.57. The summed E-state index contributed by atoms with van der Waals surface area (Å²) in [6.07, 6.45) is 0.793. The van der Waals surface area contributed by atoms with Crippen LogP contribution >= 0.6 is 0 Å². The molecule has 0 spiro atoms. The molecule has 2 rings (SSSR count). The third-order valence-corrected chi connectivity index (χ3v) is 4.42. The number of carbonyl (C=O) groups is 2. The first kappa shape index (κ1) is 22.2. The number of benzene rings is 2. The number of para-hydroxylation sites is 1. The zero-order valence-corrected chi connectivity index (χ0v) is 17.0. The molecule has 0 aliphatic carbocycles. The van der Waals surface area contributed by atoms with Gasteiger partial charge in [0, 0.05) is 13.1 Å². The monoisotopic (exact) mass is 402 g/mol. The Kier molecular flexibility index (Phi) is 8.45. The first-order valence-electron chi connectivity index (χ1n) is 9.53. The zero-order chi connectivity index (χ0) is 21.2. The molecule has 1 atom stereocenters. The summed E-state index contributed by atoms with van der Waals surface area (Å²) < 4.78 is 24.3. The fourth-order valence-corrected chi connectivity index (χ4v) is 2.69. The van der Waals surface area contributed by atoms with Crippen molar-refractivity contribution in [3.8, 4) is 11.5 Å². The molecule has 156 valence electrons. The summed E-state index contributed by atoms with van der Waals surface area (Å²) in [5.74, 6) is -0.518. The number of methoxy groups -OCH3 is 1. The van der Waals surface area contributed by atoms with Gasteiger partial charge in [0.25, 0.3) is 5.91 Å². The summed E-state index contributed by atoms with van der Waals surface area (Å²) in [5.41, 5.74) is 0.834. The van der Waals surface area contributed by atoms with Crippen LogP contribution in [0, 0.1) is 5.82 Å². The molecule has 2 amide bonds. The van der Waals surface area contributed by atoms with Crippen LogP contribution in [0.2, 0.25) is 0 Å². The molecule has 0 aliphatic heterocycles. The van der Waals surface area contributed by atoms with E-state index in [4.69, 9.17) is 9.47 Å². The Hall–Kier alpha value is -3.09.